The van der Waals surface area contributed by atoms with E-state index < -0.39 is 11.9 Å². The minimum absolute atomic E-state index is 0.671. The molecule has 0 saturated carbocycles. The molecular formula is C4H3I3S. The van der Waals surface area contributed by atoms with Crippen molar-refractivity contribution in [2.24, 2.45) is 0 Å². The van der Waals surface area contributed by atoms with Crippen LogP contribution in [0.4, 0.5) is 0 Å². The monoisotopic (exact) mass is 464 g/mol. The fourth-order valence-electron chi connectivity index (χ4n) is 0.340. The third-order valence-corrected chi connectivity index (χ3v) is 13.8. The van der Waals surface area contributed by atoms with Crippen molar-refractivity contribution < 1.29 is 0 Å². The molecule has 1 heterocycles. The number of hydrogen-bond acceptors (Lipinski definition) is 1. The van der Waals surface area contributed by atoms with Gasteiger partial charge in [0, 0.05) is 0 Å². The molecule has 0 atom stereocenters. The van der Waals surface area contributed by atoms with Crippen LogP contribution in [0.25, 0.3) is 0 Å². The van der Waals surface area contributed by atoms with Gasteiger partial charge in [-0.15, -0.1) is 0 Å². The van der Waals surface area contributed by atoms with Crippen LogP contribution in [0.5, 0.6) is 0 Å². The number of hydrogen-bond donors (Lipinski definition) is 0. The van der Waals surface area contributed by atoms with Crippen LogP contribution >= 0.6 is 60.4 Å². The molecule has 0 N–H and O–H groups in total. The molecule has 0 bridgehead atoms. The van der Waals surface area contributed by atoms with Crippen molar-refractivity contribution in [2.75, 3.05) is 0 Å². The summed E-state index contributed by atoms with van der Waals surface area (Å²) < 4.78 is 1.61. The van der Waals surface area contributed by atoms with Crippen LogP contribution < -0.4 is 0 Å². The average molecular weight is 464 g/mol. The summed E-state index contributed by atoms with van der Waals surface area (Å²) in [6.07, 6.45) is 0. The Kier molecular flexibility index (Phi) is 3.91. The Labute approximate surface area is 79.2 Å². The fourth-order valence-corrected chi connectivity index (χ4v) is 8.04. The van der Waals surface area contributed by atoms with E-state index in [4.69, 9.17) is 0 Å². The molecule has 0 unspecified atom stereocenters. The summed E-state index contributed by atoms with van der Waals surface area (Å²) >= 11 is 6.33. The standard InChI is InChI=1S/C4H3I3S/c5-7(6)4-2-1-3-8-4/h1-3H. The maximum atomic E-state index is 2.56. The van der Waals surface area contributed by atoms with Gasteiger partial charge in [0.2, 0.25) is 0 Å². The summed E-state index contributed by atoms with van der Waals surface area (Å²) in [6, 6.07) is 4.36. The van der Waals surface area contributed by atoms with Crippen molar-refractivity contribution >= 4 is 60.4 Å². The molecule has 0 aliphatic rings. The van der Waals surface area contributed by atoms with Crippen LogP contribution in [0.2, 0.25) is 0 Å². The molecule has 8 heavy (non-hydrogen) atoms. The quantitative estimate of drug-likeness (QED) is 0.550. The average Bonchev–Trinajstić information content (AvgIpc) is 2.12. The number of halogens is 3. The minimum atomic E-state index is -0.671. The topological polar surface area (TPSA) is 0 Å². The molecule has 1 rings (SSSR count). The van der Waals surface area contributed by atoms with Gasteiger partial charge in [0.15, 0.2) is 0 Å². The van der Waals surface area contributed by atoms with Crippen molar-refractivity contribution in [3.63, 3.8) is 0 Å². The van der Waals surface area contributed by atoms with E-state index in [9.17, 15) is 0 Å². The van der Waals surface area contributed by atoms with Gasteiger partial charge in [-0.1, -0.05) is 0 Å². The SMILES string of the molecule is II(I)c1cccs1. The summed E-state index contributed by atoms with van der Waals surface area (Å²) in [4.78, 5) is 0. The van der Waals surface area contributed by atoms with Gasteiger partial charge in [0.05, 0.1) is 0 Å². The van der Waals surface area contributed by atoms with Crippen molar-refractivity contribution in [1.82, 2.24) is 0 Å². The third kappa shape index (κ3) is 2.25. The summed E-state index contributed by atoms with van der Waals surface area (Å²) in [5, 5.41) is 2.15. The second kappa shape index (κ2) is 3.91. The van der Waals surface area contributed by atoms with Gasteiger partial charge in [-0.3, -0.25) is 0 Å². The van der Waals surface area contributed by atoms with E-state index in [2.05, 4.69) is 54.7 Å². The molecule has 0 aliphatic heterocycles. The summed E-state index contributed by atoms with van der Waals surface area (Å²) in [5.74, 6) is 0. The maximum absolute atomic E-state index is 2.56. The van der Waals surface area contributed by atoms with Crippen LogP contribution in [0.1, 0.15) is 0 Å². The van der Waals surface area contributed by atoms with E-state index in [1.165, 1.54) is 0 Å². The molecule has 4 heteroatoms. The normalized spacial score (nSPS) is 11.5. The van der Waals surface area contributed by atoms with E-state index in [1.807, 2.05) is 11.3 Å². The van der Waals surface area contributed by atoms with Crippen molar-refractivity contribution in [2.45, 2.75) is 0 Å². The molecule has 46 valence electrons. The van der Waals surface area contributed by atoms with Crippen LogP contribution in [0.15, 0.2) is 17.5 Å². The van der Waals surface area contributed by atoms with E-state index in [1.54, 1.807) is 2.88 Å². The molecule has 0 spiro atoms. The predicted molar refractivity (Wildman–Crippen MR) is 65.1 cm³/mol. The van der Waals surface area contributed by atoms with Gasteiger partial charge in [-0.25, -0.2) is 0 Å². The third-order valence-electron chi connectivity index (χ3n) is 0.627. The molecule has 0 fully saturated rings. The number of thiophene rings is 1. The molecule has 0 aliphatic carbocycles. The Balaban J connectivity index is 2.77. The van der Waals surface area contributed by atoms with Gasteiger partial charge in [0.25, 0.3) is 0 Å². The predicted octanol–water partition coefficient (Wildman–Crippen LogP) is 4.12. The second-order valence-corrected chi connectivity index (χ2v) is 26.5. The molecule has 0 saturated heterocycles. The van der Waals surface area contributed by atoms with E-state index in [0.29, 0.717) is 0 Å². The number of rotatable bonds is 1. The van der Waals surface area contributed by atoms with Gasteiger partial charge < -0.3 is 0 Å². The molecule has 1 aromatic heterocycles. The van der Waals surface area contributed by atoms with Crippen LogP contribution in [-0.4, -0.2) is 0 Å². The molecule has 0 aromatic carbocycles. The first-order valence-electron chi connectivity index (χ1n) is 1.87. The van der Waals surface area contributed by atoms with Crippen molar-refractivity contribution in [3.8, 4) is 0 Å². The Bertz CT molecular complexity index is 146. The summed E-state index contributed by atoms with van der Waals surface area (Å²) in [5.41, 5.74) is 0. The van der Waals surface area contributed by atoms with Crippen molar-refractivity contribution in [1.29, 1.82) is 0 Å². The Morgan fingerprint density at radius 1 is 1.50 bits per heavy atom. The molecule has 1 aromatic rings. The van der Waals surface area contributed by atoms with Crippen LogP contribution in [0.3, 0.4) is 0 Å². The Morgan fingerprint density at radius 2 is 2.25 bits per heavy atom. The van der Waals surface area contributed by atoms with E-state index in [-0.39, 0.29) is 0 Å². The molecule has 0 amide bonds. The van der Waals surface area contributed by atoms with E-state index in [0.717, 1.165) is 0 Å². The van der Waals surface area contributed by atoms with E-state index >= 15 is 0 Å². The van der Waals surface area contributed by atoms with Crippen LogP contribution in [0, 0.1) is 2.88 Å². The summed E-state index contributed by atoms with van der Waals surface area (Å²) in [6.45, 7) is 0. The zero-order valence-electron chi connectivity index (χ0n) is 3.77. The first kappa shape index (κ1) is 7.99. The zero-order valence-corrected chi connectivity index (χ0v) is 11.1. The molecule has 0 radical (unpaired) electrons. The first-order valence-corrected chi connectivity index (χ1v) is 16.4. The Morgan fingerprint density at radius 3 is 2.50 bits per heavy atom. The van der Waals surface area contributed by atoms with Gasteiger partial charge in [-0.05, 0) is 0 Å². The Hall–Kier alpha value is 1.89. The molecule has 0 nitrogen and oxygen atoms in total. The van der Waals surface area contributed by atoms with Gasteiger partial charge >= 0.3 is 80.8 Å². The van der Waals surface area contributed by atoms with Gasteiger partial charge in [-0.2, -0.15) is 0 Å². The van der Waals surface area contributed by atoms with Crippen molar-refractivity contribution in [3.05, 3.63) is 20.4 Å². The zero-order chi connectivity index (χ0) is 5.98. The van der Waals surface area contributed by atoms with Crippen LogP contribution in [-0.2, 0) is 0 Å². The molecular weight excluding hydrogens is 461 g/mol. The summed E-state index contributed by atoms with van der Waals surface area (Å²) in [7, 11) is 0. The second-order valence-electron chi connectivity index (χ2n) is 1.11. The van der Waals surface area contributed by atoms with Gasteiger partial charge in [0.1, 0.15) is 0 Å². The first-order chi connectivity index (χ1) is 3.80. The fraction of sp³-hybridized carbons (Fsp3) is 0.